The molecule has 106 valence electrons. The van der Waals surface area contributed by atoms with E-state index in [1.807, 2.05) is 13.0 Å². The van der Waals surface area contributed by atoms with Gasteiger partial charge in [-0.25, -0.2) is 9.18 Å². The minimum absolute atomic E-state index is 0.386. The topological polar surface area (TPSA) is 58.2 Å². The molecule has 1 heterocycles. The van der Waals surface area contributed by atoms with Crippen molar-refractivity contribution < 1.29 is 14.0 Å². The molecule has 0 spiro atoms. The number of rotatable bonds is 2. The number of halogens is 1. The van der Waals surface area contributed by atoms with Gasteiger partial charge in [-0.05, 0) is 30.2 Å². The first-order valence-electron chi connectivity index (χ1n) is 6.49. The second kappa shape index (κ2) is 4.70. The Bertz CT molecular complexity index is 697. The molecule has 1 aliphatic rings. The van der Waals surface area contributed by atoms with E-state index >= 15 is 0 Å². The van der Waals surface area contributed by atoms with Crippen molar-refractivity contribution in [2.24, 2.45) is 0 Å². The minimum Gasteiger partial charge on any atom is -0.316 e. The van der Waals surface area contributed by atoms with E-state index in [1.54, 1.807) is 24.3 Å². The number of benzene rings is 2. The average Bonchev–Trinajstić information content (AvgIpc) is 2.74. The van der Waals surface area contributed by atoms with Gasteiger partial charge >= 0.3 is 6.03 Å². The van der Waals surface area contributed by atoms with Gasteiger partial charge in [-0.2, -0.15) is 0 Å². The summed E-state index contributed by atoms with van der Waals surface area (Å²) in [5.41, 5.74) is 0.524. The van der Waals surface area contributed by atoms with Crippen molar-refractivity contribution in [2.75, 3.05) is 0 Å². The van der Waals surface area contributed by atoms with Gasteiger partial charge in [0, 0.05) is 0 Å². The Kier molecular flexibility index (Phi) is 2.97. The predicted molar refractivity (Wildman–Crippen MR) is 75.0 cm³/mol. The molecule has 1 fully saturated rings. The Labute approximate surface area is 121 Å². The summed E-state index contributed by atoms with van der Waals surface area (Å²) >= 11 is 0. The third-order valence-corrected chi connectivity index (χ3v) is 3.58. The lowest BCUT2D eigenvalue weighted by atomic mass is 9.82. The van der Waals surface area contributed by atoms with Crippen LogP contribution < -0.4 is 10.6 Å². The van der Waals surface area contributed by atoms with Gasteiger partial charge in [0.15, 0.2) is 5.54 Å². The Hall–Kier alpha value is -2.69. The third-order valence-electron chi connectivity index (χ3n) is 3.58. The number of hydrogen-bond donors (Lipinski definition) is 2. The van der Waals surface area contributed by atoms with Crippen LogP contribution in [-0.2, 0) is 10.3 Å². The number of nitrogens with one attached hydrogen (secondary N) is 2. The lowest BCUT2D eigenvalue weighted by Crippen LogP contribution is -2.45. The maximum Gasteiger partial charge on any atom is 0.322 e. The average molecular weight is 284 g/mol. The van der Waals surface area contributed by atoms with Crippen molar-refractivity contribution in [1.29, 1.82) is 0 Å². The second-order valence-corrected chi connectivity index (χ2v) is 5.04. The summed E-state index contributed by atoms with van der Waals surface area (Å²) in [5.74, 6) is -0.975. The molecule has 0 aromatic heterocycles. The molecular weight excluding hydrogens is 271 g/mol. The highest BCUT2D eigenvalue weighted by Crippen LogP contribution is 2.33. The molecule has 21 heavy (non-hydrogen) atoms. The summed E-state index contributed by atoms with van der Waals surface area (Å²) in [4.78, 5) is 24.1. The van der Waals surface area contributed by atoms with Crippen molar-refractivity contribution in [1.82, 2.24) is 10.6 Å². The smallest absolute Gasteiger partial charge is 0.316 e. The number of amides is 3. The zero-order chi connectivity index (χ0) is 15.0. The molecular formula is C16H13FN2O2. The molecule has 2 aromatic rings. The van der Waals surface area contributed by atoms with Crippen LogP contribution in [0.3, 0.4) is 0 Å². The van der Waals surface area contributed by atoms with Gasteiger partial charge in [0.25, 0.3) is 5.91 Å². The van der Waals surface area contributed by atoms with Crippen LogP contribution in [0.4, 0.5) is 9.18 Å². The van der Waals surface area contributed by atoms with E-state index in [0.717, 1.165) is 5.56 Å². The Morgan fingerprint density at radius 3 is 2.24 bits per heavy atom. The number of imide groups is 1. The van der Waals surface area contributed by atoms with Gasteiger partial charge in [-0.15, -0.1) is 0 Å². The lowest BCUT2D eigenvalue weighted by molar-refractivity contribution is -0.122. The highest BCUT2D eigenvalue weighted by atomic mass is 19.1. The minimum atomic E-state index is -1.40. The van der Waals surface area contributed by atoms with E-state index in [-0.39, 0.29) is 0 Å². The highest BCUT2D eigenvalue weighted by Gasteiger charge is 2.49. The van der Waals surface area contributed by atoms with Crippen LogP contribution >= 0.6 is 0 Å². The number of hydrogen-bond acceptors (Lipinski definition) is 2. The van der Waals surface area contributed by atoms with Crippen LogP contribution in [0.25, 0.3) is 0 Å². The molecule has 1 aliphatic heterocycles. The Morgan fingerprint density at radius 1 is 1.00 bits per heavy atom. The van der Waals surface area contributed by atoms with Crippen LogP contribution in [0.15, 0.2) is 48.5 Å². The van der Waals surface area contributed by atoms with Crippen molar-refractivity contribution in [2.45, 2.75) is 12.5 Å². The summed E-state index contributed by atoms with van der Waals surface area (Å²) in [5, 5.41) is 4.87. The van der Waals surface area contributed by atoms with E-state index in [4.69, 9.17) is 0 Å². The molecule has 0 radical (unpaired) electrons. The third kappa shape index (κ3) is 2.07. The van der Waals surface area contributed by atoms with Gasteiger partial charge in [-0.1, -0.05) is 42.0 Å². The molecule has 1 saturated heterocycles. The SMILES string of the molecule is Cc1cccc(C2(c3cccc(F)c3)NC(=O)NC2=O)c1. The second-order valence-electron chi connectivity index (χ2n) is 5.04. The fourth-order valence-electron chi connectivity index (χ4n) is 2.63. The zero-order valence-electron chi connectivity index (χ0n) is 11.3. The molecule has 0 aliphatic carbocycles. The summed E-state index contributed by atoms with van der Waals surface area (Å²) < 4.78 is 13.6. The zero-order valence-corrected chi connectivity index (χ0v) is 11.3. The normalized spacial score (nSPS) is 21.0. The molecule has 1 atom stereocenters. The summed E-state index contributed by atoms with van der Waals surface area (Å²) in [6.45, 7) is 1.89. The molecule has 4 nitrogen and oxygen atoms in total. The summed E-state index contributed by atoms with van der Waals surface area (Å²) in [7, 11) is 0. The van der Waals surface area contributed by atoms with E-state index < -0.39 is 23.3 Å². The Balaban J connectivity index is 2.26. The first-order chi connectivity index (χ1) is 10.0. The van der Waals surface area contributed by atoms with E-state index in [1.165, 1.54) is 18.2 Å². The van der Waals surface area contributed by atoms with Crippen LogP contribution in [0, 0.1) is 12.7 Å². The number of aryl methyl sites for hydroxylation is 1. The van der Waals surface area contributed by atoms with Crippen LogP contribution in [-0.4, -0.2) is 11.9 Å². The van der Waals surface area contributed by atoms with E-state index in [2.05, 4.69) is 10.6 Å². The van der Waals surface area contributed by atoms with Gasteiger partial charge in [-0.3, -0.25) is 10.1 Å². The maximum absolute atomic E-state index is 13.6. The van der Waals surface area contributed by atoms with Crippen molar-refractivity contribution in [3.63, 3.8) is 0 Å². The first kappa shape index (κ1) is 13.3. The van der Waals surface area contributed by atoms with Crippen LogP contribution in [0.1, 0.15) is 16.7 Å². The molecule has 2 aromatic carbocycles. The molecule has 1 unspecified atom stereocenters. The van der Waals surface area contributed by atoms with Crippen LogP contribution in [0.5, 0.6) is 0 Å². The van der Waals surface area contributed by atoms with Gasteiger partial charge in [0.05, 0.1) is 0 Å². The number of urea groups is 1. The predicted octanol–water partition coefficient (Wildman–Crippen LogP) is 2.22. The van der Waals surface area contributed by atoms with Crippen molar-refractivity contribution >= 4 is 11.9 Å². The maximum atomic E-state index is 13.6. The summed E-state index contributed by atoms with van der Waals surface area (Å²) in [6, 6.07) is 12.3. The van der Waals surface area contributed by atoms with Gasteiger partial charge < -0.3 is 5.32 Å². The number of carbonyl (C=O) groups excluding carboxylic acids is 2. The van der Waals surface area contributed by atoms with Gasteiger partial charge in [0.1, 0.15) is 5.82 Å². The first-order valence-corrected chi connectivity index (χ1v) is 6.49. The molecule has 3 amide bonds. The van der Waals surface area contributed by atoms with Gasteiger partial charge in [0.2, 0.25) is 0 Å². The fraction of sp³-hybridized carbons (Fsp3) is 0.125. The lowest BCUT2D eigenvalue weighted by Gasteiger charge is -2.27. The molecule has 0 bridgehead atoms. The standard InChI is InChI=1S/C16H13FN2O2/c1-10-4-2-5-11(8-10)16(14(20)18-15(21)19-16)12-6-3-7-13(17)9-12/h2-9H,1H3,(H2,18,19,20,21). The monoisotopic (exact) mass is 284 g/mol. The Morgan fingerprint density at radius 2 is 1.67 bits per heavy atom. The van der Waals surface area contributed by atoms with Crippen molar-refractivity contribution in [3.8, 4) is 0 Å². The molecule has 5 heteroatoms. The van der Waals surface area contributed by atoms with Crippen molar-refractivity contribution in [3.05, 3.63) is 71.0 Å². The number of carbonyl (C=O) groups is 2. The largest absolute Gasteiger partial charge is 0.322 e. The molecule has 0 saturated carbocycles. The molecule has 3 rings (SSSR count). The molecule has 2 N–H and O–H groups in total. The fourth-order valence-corrected chi connectivity index (χ4v) is 2.63. The van der Waals surface area contributed by atoms with E-state index in [0.29, 0.717) is 11.1 Å². The summed E-state index contributed by atoms with van der Waals surface area (Å²) in [6.07, 6.45) is 0. The quantitative estimate of drug-likeness (QED) is 0.831. The highest BCUT2D eigenvalue weighted by molar-refractivity contribution is 6.09. The van der Waals surface area contributed by atoms with E-state index in [9.17, 15) is 14.0 Å². The van der Waals surface area contributed by atoms with Crippen LogP contribution in [0.2, 0.25) is 0 Å².